The predicted octanol–water partition coefficient (Wildman–Crippen LogP) is 27.6. The zero-order valence-corrected chi connectivity index (χ0v) is 73.8. The summed E-state index contributed by atoms with van der Waals surface area (Å²) in [6.45, 7) is 66.1. The fraction of sp³-hybridized carbons (Fsp3) is 0.434. The summed E-state index contributed by atoms with van der Waals surface area (Å²) < 4.78 is 5.02. The molecule has 0 bridgehead atoms. The minimum Gasteiger partial charge on any atom is -0.657 e. The van der Waals surface area contributed by atoms with Crippen molar-refractivity contribution < 1.29 is 53.9 Å². The molecule has 4 heterocycles. The Bertz CT molecular complexity index is 4480. The Morgan fingerprint density at radius 1 is 0.340 bits per heavy atom. The molecule has 0 saturated carbocycles. The quantitative estimate of drug-likeness (QED) is 0.0695. The zero-order chi connectivity index (χ0) is 75.7. The fourth-order valence-electron chi connectivity index (χ4n) is 15.8. The van der Waals surface area contributed by atoms with Crippen molar-refractivity contribution in [3.05, 3.63) is 247 Å². The molecule has 106 heavy (non-hydrogen) atoms. The Morgan fingerprint density at radius 3 is 0.925 bits per heavy atom. The molecule has 2 aliphatic rings. The molecule has 2 radical (unpaired) electrons. The number of hydrogen-bond acceptors (Lipinski definition) is 1. The molecule has 5 nitrogen and oxygen atoms in total. The van der Waals surface area contributed by atoms with Crippen LogP contribution in [0.15, 0.2) is 158 Å². The van der Waals surface area contributed by atoms with E-state index in [1.165, 1.54) is 133 Å². The molecule has 0 aliphatic carbocycles. The van der Waals surface area contributed by atoms with Gasteiger partial charge in [-0.05, 0) is 169 Å². The number of aromatic nitrogens is 2. The van der Waals surface area contributed by atoms with Gasteiger partial charge >= 0.3 is 0 Å². The topological polar surface area (TPSA) is 37.5 Å². The Labute approximate surface area is 671 Å². The minimum atomic E-state index is -0.0413. The summed E-state index contributed by atoms with van der Waals surface area (Å²) in [6, 6.07) is 59.8. The summed E-state index contributed by atoms with van der Waals surface area (Å²) in [5.74, 6) is 2.85. The molecule has 2 aliphatic heterocycles. The van der Waals surface area contributed by atoms with Crippen LogP contribution >= 0.6 is 0 Å². The van der Waals surface area contributed by atoms with Crippen LogP contribution in [0, 0.1) is 0 Å². The minimum absolute atomic E-state index is 0. The maximum Gasteiger partial charge on any atom is 0.245 e. The van der Waals surface area contributed by atoms with E-state index in [2.05, 4.69) is 378 Å². The van der Waals surface area contributed by atoms with Gasteiger partial charge in [-0.25, -0.2) is 0 Å². The van der Waals surface area contributed by atoms with E-state index in [9.17, 15) is 0 Å². The van der Waals surface area contributed by atoms with Crippen molar-refractivity contribution in [2.45, 2.75) is 282 Å². The van der Waals surface area contributed by atoms with E-state index in [0.717, 1.165) is 35.2 Å². The van der Waals surface area contributed by atoms with E-state index in [-0.39, 0.29) is 72.3 Å². The van der Waals surface area contributed by atoms with Gasteiger partial charge in [-0.2, -0.15) is 0 Å². The third kappa shape index (κ3) is 17.1. The largest absolute Gasteiger partial charge is 0.657 e. The van der Waals surface area contributed by atoms with Gasteiger partial charge in [-0.3, -0.25) is 0 Å². The normalized spacial score (nSPS) is 14.3. The van der Waals surface area contributed by atoms with Crippen molar-refractivity contribution in [3.63, 3.8) is 0 Å². The summed E-state index contributed by atoms with van der Waals surface area (Å²) in [4.78, 5) is 12.0. The Morgan fingerprint density at radius 2 is 0.623 bits per heavy atom. The first-order valence-corrected chi connectivity index (χ1v) is 39.3. The molecule has 0 saturated heterocycles. The van der Waals surface area contributed by atoms with Gasteiger partial charge in [0.05, 0.1) is 29.3 Å². The second kappa shape index (κ2) is 32.4. The molecule has 2 aromatic heterocycles. The van der Waals surface area contributed by atoms with Crippen molar-refractivity contribution in [1.29, 1.82) is 0 Å². The Hall–Kier alpha value is -6.80. The van der Waals surface area contributed by atoms with Crippen LogP contribution in [0.3, 0.4) is 0 Å². The molecule has 9 aromatic carbocycles. The first-order valence-electron chi connectivity index (χ1n) is 39.3. The van der Waals surface area contributed by atoms with Gasteiger partial charge in [0, 0.05) is 62.5 Å². The van der Waals surface area contributed by atoms with Gasteiger partial charge in [-0.15, -0.1) is 22.1 Å². The molecule has 1 unspecified atom stereocenters. The Balaban J connectivity index is 0.000000238. The Kier molecular flexibility index (Phi) is 25.5. The van der Waals surface area contributed by atoms with E-state index in [0.29, 0.717) is 47.3 Å². The average molecular weight is 1780 g/mol. The first kappa shape index (κ1) is 83.2. The van der Waals surface area contributed by atoms with Crippen molar-refractivity contribution in [1.82, 2.24) is 9.97 Å². The second-order valence-corrected chi connectivity index (χ2v) is 36.9. The molecule has 7 heteroatoms. The van der Waals surface area contributed by atoms with Crippen molar-refractivity contribution in [2.24, 2.45) is 0 Å². The van der Waals surface area contributed by atoms with Crippen LogP contribution in [0.4, 0.5) is 22.7 Å². The number of benzene rings is 9. The third-order valence-electron chi connectivity index (χ3n) is 22.1. The van der Waals surface area contributed by atoms with E-state index in [4.69, 9.17) is 9.97 Å². The fourth-order valence-corrected chi connectivity index (χ4v) is 15.8. The van der Waals surface area contributed by atoms with Crippen LogP contribution in [-0.2, 0) is 79.5 Å². The molecule has 11 aromatic rings. The van der Waals surface area contributed by atoms with E-state index < -0.39 is 0 Å². The van der Waals surface area contributed by atoms with E-state index >= 15 is 0 Å². The van der Waals surface area contributed by atoms with Gasteiger partial charge in [0.1, 0.15) is 6.54 Å². The van der Waals surface area contributed by atoms with Gasteiger partial charge in [-0.1, -0.05) is 357 Å². The van der Waals surface area contributed by atoms with Gasteiger partial charge < -0.3 is 24.0 Å². The SMILES string of the molecule is CC(C)(C)c1ccc2[n-]c3ccc(C(C)(C)C)cc3c2c1.CC(C)(C)c1ccc2[n-]c3ccc(C(C)(C)C)cc3c2c1.CC(C)c1cccc(C(C)C)c1C1[C-]=[N+](c2c(C(C)C)cccc2C(C)C)Cc2cc3c(cc21)C[N+](c1c(C(C)C)cccc1C(C)C)=[C-]N3c1c(C(C)C)cccc1C(C)C.[Au].[Au]. The summed E-state index contributed by atoms with van der Waals surface area (Å²) in [5.41, 5.74) is 32.3. The molecular formula is C99H123Au2N5-2. The molecule has 13 rings (SSSR count). The second-order valence-electron chi connectivity index (χ2n) is 36.9. The van der Waals surface area contributed by atoms with Crippen LogP contribution in [0.1, 0.15) is 336 Å². The number of anilines is 2. The van der Waals surface area contributed by atoms with Gasteiger partial charge in [0.25, 0.3) is 0 Å². The average Bonchev–Trinajstić information content (AvgIpc) is 1.04. The maximum atomic E-state index is 4.76. The van der Waals surface area contributed by atoms with Crippen molar-refractivity contribution in [3.8, 4) is 0 Å². The van der Waals surface area contributed by atoms with Crippen LogP contribution < -0.4 is 14.9 Å². The maximum absolute atomic E-state index is 4.76. The molecule has 0 amide bonds. The van der Waals surface area contributed by atoms with Crippen molar-refractivity contribution >= 4 is 78.9 Å². The number of rotatable bonds is 12. The number of hydrogen-bond donors (Lipinski definition) is 0. The molecule has 0 N–H and O–H groups in total. The van der Waals surface area contributed by atoms with Crippen LogP contribution in [0.25, 0.3) is 43.6 Å². The smallest absolute Gasteiger partial charge is 0.245 e. The third-order valence-corrected chi connectivity index (χ3v) is 22.1. The standard InChI is InChI=1S/C59H75N3.2C20H24N.2Au/c1-35(2)45-21-17-22-46(36(3)4)56(45)54-33-60(57-47(37(5)6)23-18-24-48(57)38(7)8)31-43-30-55-44(29-53(43)54)32-61(58-49(39(9)10)25-19-26-50(58)40(11)12)34-62(55)59-51(41(13)14)27-20-28-52(59)42(15)16;2*1-19(2,3)13-7-9-17-15(11-13)16-12-14(20(4,5)6)8-10-18(16)21-17;;/h17-30,35-42,54H,31-32H2,1-16H3;2*7-12H,1-6H3;;/q;2*-1;;. The predicted molar refractivity (Wildman–Crippen MR) is 451 cm³/mol. The molecule has 0 spiro atoms. The van der Waals surface area contributed by atoms with Crippen LogP contribution in [-0.4, -0.2) is 21.7 Å². The van der Waals surface area contributed by atoms with Gasteiger partial charge in [0.2, 0.25) is 6.34 Å². The first-order chi connectivity index (χ1) is 48.7. The number of para-hydroxylation sites is 3. The van der Waals surface area contributed by atoms with Crippen molar-refractivity contribution in [2.75, 3.05) is 4.90 Å². The number of fused-ring (bicyclic) bond motifs is 8. The number of nitrogens with zero attached hydrogens (tertiary/aromatic N) is 5. The summed E-state index contributed by atoms with van der Waals surface area (Å²) in [6.07, 6.45) is 8.45. The monoisotopic (exact) mass is 1780 g/mol. The summed E-state index contributed by atoms with van der Waals surface area (Å²) >= 11 is 0. The zero-order valence-electron chi connectivity index (χ0n) is 69.5. The molecule has 1 atom stereocenters. The molecule has 0 fully saturated rings. The molecular weight excluding hydrogens is 1650 g/mol. The summed E-state index contributed by atoms with van der Waals surface area (Å²) in [5, 5.41) is 5.12. The van der Waals surface area contributed by atoms with Gasteiger partial charge in [0.15, 0.2) is 0 Å². The van der Waals surface area contributed by atoms with Crippen LogP contribution in [0.2, 0.25) is 0 Å². The summed E-state index contributed by atoms with van der Waals surface area (Å²) in [7, 11) is 0. The molecule has 568 valence electrons. The van der Waals surface area contributed by atoms with E-state index in [1.54, 1.807) is 0 Å². The van der Waals surface area contributed by atoms with E-state index in [1.807, 2.05) is 0 Å². The van der Waals surface area contributed by atoms with Crippen LogP contribution in [0.5, 0.6) is 0 Å².